The van der Waals surface area contributed by atoms with Crippen LogP contribution in [-0.4, -0.2) is 41.1 Å². The predicted octanol–water partition coefficient (Wildman–Crippen LogP) is 4.12. The fourth-order valence-corrected chi connectivity index (χ4v) is 3.69. The van der Waals surface area contributed by atoms with E-state index in [1.807, 2.05) is 43.3 Å². The number of hydrogen-bond acceptors (Lipinski definition) is 5. The van der Waals surface area contributed by atoms with Crippen molar-refractivity contribution >= 4 is 5.97 Å². The van der Waals surface area contributed by atoms with Crippen LogP contribution in [-0.2, 0) is 20.9 Å². The van der Waals surface area contributed by atoms with E-state index in [4.69, 9.17) is 9.47 Å². The number of ether oxygens (including phenoxy) is 2. The van der Waals surface area contributed by atoms with Crippen molar-refractivity contribution in [2.75, 3.05) is 6.61 Å². The zero-order chi connectivity index (χ0) is 22.0. The largest absolute Gasteiger partial charge is 0.466 e. The van der Waals surface area contributed by atoms with Gasteiger partial charge in [-0.2, -0.15) is 0 Å². The molecule has 5 heteroatoms. The van der Waals surface area contributed by atoms with Crippen LogP contribution in [0.3, 0.4) is 0 Å². The summed E-state index contributed by atoms with van der Waals surface area (Å²) in [7, 11) is 0. The summed E-state index contributed by atoms with van der Waals surface area (Å²) in [5, 5.41) is 21.7. The SMILES string of the molecule is C=CC[C@H](C)[C@H](OCc1ccccc1)[C@@H](C)[C@@H](O)C(C)(C)[C@@H](O)CC(=O)OCC. The first kappa shape index (κ1) is 25.3. The summed E-state index contributed by atoms with van der Waals surface area (Å²) in [5.74, 6) is -0.593. The lowest BCUT2D eigenvalue weighted by molar-refractivity contribution is -0.153. The molecule has 0 spiro atoms. The quantitative estimate of drug-likeness (QED) is 0.381. The Morgan fingerprint density at radius 1 is 1.21 bits per heavy atom. The molecule has 0 unspecified atom stereocenters. The molecule has 0 saturated heterocycles. The van der Waals surface area contributed by atoms with Gasteiger partial charge in [0.25, 0.3) is 0 Å². The second-order valence-electron chi connectivity index (χ2n) is 8.41. The molecule has 5 nitrogen and oxygen atoms in total. The van der Waals surface area contributed by atoms with E-state index in [0.29, 0.717) is 6.61 Å². The lowest BCUT2D eigenvalue weighted by atomic mass is 9.71. The molecule has 2 N–H and O–H groups in total. The minimum absolute atomic E-state index is 0.138. The summed E-state index contributed by atoms with van der Waals surface area (Å²) >= 11 is 0. The number of allylic oxidation sites excluding steroid dienone is 1. The molecule has 29 heavy (non-hydrogen) atoms. The van der Waals surface area contributed by atoms with Gasteiger partial charge in [-0.3, -0.25) is 4.79 Å². The van der Waals surface area contributed by atoms with Gasteiger partial charge in [-0.15, -0.1) is 6.58 Å². The van der Waals surface area contributed by atoms with E-state index in [9.17, 15) is 15.0 Å². The molecule has 0 bridgehead atoms. The maximum atomic E-state index is 11.8. The van der Waals surface area contributed by atoms with Crippen molar-refractivity contribution in [3.05, 3.63) is 48.6 Å². The Morgan fingerprint density at radius 3 is 2.38 bits per heavy atom. The molecule has 1 rings (SSSR count). The zero-order valence-corrected chi connectivity index (χ0v) is 18.5. The standard InChI is InChI=1S/C24H38O5/c1-7-12-17(3)22(29-16-19-13-10-9-11-14-19)18(4)23(27)24(5,6)20(25)15-21(26)28-8-2/h7,9-11,13-14,17-18,20,22-23,25,27H,1,8,12,15-16H2,2-6H3/t17-,18+,20-,22-,23+/m0/s1. The van der Waals surface area contributed by atoms with Gasteiger partial charge in [0, 0.05) is 11.3 Å². The van der Waals surface area contributed by atoms with E-state index in [2.05, 4.69) is 13.5 Å². The summed E-state index contributed by atoms with van der Waals surface area (Å²) in [6.45, 7) is 13.8. The number of rotatable bonds is 13. The molecule has 0 aromatic heterocycles. The van der Waals surface area contributed by atoms with E-state index in [-0.39, 0.29) is 31.0 Å². The minimum atomic E-state index is -1.02. The average molecular weight is 407 g/mol. The van der Waals surface area contributed by atoms with E-state index < -0.39 is 23.6 Å². The van der Waals surface area contributed by atoms with Gasteiger partial charge in [0.1, 0.15) is 0 Å². The fourth-order valence-electron chi connectivity index (χ4n) is 3.69. The minimum Gasteiger partial charge on any atom is -0.466 e. The molecule has 0 fully saturated rings. The summed E-state index contributed by atoms with van der Waals surface area (Å²) in [5.41, 5.74) is 0.153. The van der Waals surface area contributed by atoms with Crippen molar-refractivity contribution < 1.29 is 24.5 Å². The van der Waals surface area contributed by atoms with Gasteiger partial charge >= 0.3 is 5.97 Å². The highest BCUT2D eigenvalue weighted by atomic mass is 16.5. The van der Waals surface area contributed by atoms with Crippen molar-refractivity contribution in [1.82, 2.24) is 0 Å². The lowest BCUT2D eigenvalue weighted by Crippen LogP contribution is -2.49. The number of esters is 1. The van der Waals surface area contributed by atoms with Gasteiger partial charge in [-0.25, -0.2) is 0 Å². The molecule has 0 aliphatic rings. The van der Waals surface area contributed by atoms with Gasteiger partial charge in [-0.05, 0) is 24.8 Å². The van der Waals surface area contributed by atoms with Gasteiger partial charge < -0.3 is 19.7 Å². The number of carbonyl (C=O) groups excluding carboxylic acids is 1. The van der Waals surface area contributed by atoms with Crippen LogP contribution in [0.1, 0.15) is 53.0 Å². The summed E-state index contributed by atoms with van der Waals surface area (Å²) in [6, 6.07) is 9.90. The predicted molar refractivity (Wildman–Crippen MR) is 115 cm³/mol. The van der Waals surface area contributed by atoms with Crippen LogP contribution in [0.15, 0.2) is 43.0 Å². The van der Waals surface area contributed by atoms with Crippen LogP contribution in [0, 0.1) is 17.3 Å². The Hall–Kier alpha value is -1.69. The summed E-state index contributed by atoms with van der Waals surface area (Å²) in [6.07, 6.45) is 0.314. The molecule has 0 amide bonds. The van der Waals surface area contributed by atoms with Crippen molar-refractivity contribution in [2.45, 2.75) is 72.4 Å². The van der Waals surface area contributed by atoms with E-state index in [0.717, 1.165) is 12.0 Å². The molecule has 0 saturated carbocycles. The van der Waals surface area contributed by atoms with Gasteiger partial charge in [0.2, 0.25) is 0 Å². The van der Waals surface area contributed by atoms with Gasteiger partial charge in [0.15, 0.2) is 0 Å². The van der Waals surface area contributed by atoms with Crippen LogP contribution >= 0.6 is 0 Å². The summed E-state index contributed by atoms with van der Waals surface area (Å²) < 4.78 is 11.2. The molecule has 0 heterocycles. The van der Waals surface area contributed by atoms with Crippen molar-refractivity contribution in [2.24, 2.45) is 17.3 Å². The summed E-state index contributed by atoms with van der Waals surface area (Å²) in [4.78, 5) is 11.8. The average Bonchev–Trinajstić information content (AvgIpc) is 2.68. The third-order valence-electron chi connectivity index (χ3n) is 5.69. The molecule has 5 atom stereocenters. The Labute approximate surface area is 175 Å². The van der Waals surface area contributed by atoms with Crippen molar-refractivity contribution in [1.29, 1.82) is 0 Å². The van der Waals surface area contributed by atoms with Crippen LogP contribution in [0.2, 0.25) is 0 Å². The molecule has 1 aromatic carbocycles. The first-order valence-corrected chi connectivity index (χ1v) is 10.4. The number of carbonyl (C=O) groups is 1. The van der Waals surface area contributed by atoms with Crippen LogP contribution in [0.5, 0.6) is 0 Å². The highest BCUT2D eigenvalue weighted by molar-refractivity contribution is 5.70. The first-order valence-electron chi connectivity index (χ1n) is 10.4. The number of aliphatic hydroxyl groups excluding tert-OH is 2. The smallest absolute Gasteiger partial charge is 0.308 e. The Bertz CT molecular complexity index is 613. The zero-order valence-electron chi connectivity index (χ0n) is 18.5. The Kier molecular flexibility index (Phi) is 10.6. The van der Waals surface area contributed by atoms with Crippen molar-refractivity contribution in [3.63, 3.8) is 0 Å². The third kappa shape index (κ3) is 7.57. The number of aliphatic hydroxyl groups is 2. The van der Waals surface area contributed by atoms with Gasteiger partial charge in [0.05, 0.1) is 37.9 Å². The molecular formula is C24H38O5. The van der Waals surface area contributed by atoms with Crippen LogP contribution in [0.25, 0.3) is 0 Å². The Morgan fingerprint density at radius 2 is 1.83 bits per heavy atom. The highest BCUT2D eigenvalue weighted by Crippen LogP contribution is 2.36. The van der Waals surface area contributed by atoms with Crippen molar-refractivity contribution in [3.8, 4) is 0 Å². The van der Waals surface area contributed by atoms with Gasteiger partial charge in [-0.1, -0.05) is 64.1 Å². The molecule has 0 radical (unpaired) electrons. The number of hydrogen-bond donors (Lipinski definition) is 2. The normalized spacial score (nSPS) is 17.1. The number of benzene rings is 1. The lowest BCUT2D eigenvalue weighted by Gasteiger charge is -2.42. The first-order chi connectivity index (χ1) is 13.6. The van der Waals surface area contributed by atoms with E-state index in [1.54, 1.807) is 20.8 Å². The maximum Gasteiger partial charge on any atom is 0.308 e. The maximum absolute atomic E-state index is 11.8. The van der Waals surface area contributed by atoms with E-state index >= 15 is 0 Å². The van der Waals surface area contributed by atoms with Crippen LogP contribution in [0.4, 0.5) is 0 Å². The second-order valence-corrected chi connectivity index (χ2v) is 8.41. The van der Waals surface area contributed by atoms with Crippen LogP contribution < -0.4 is 0 Å². The molecule has 0 aliphatic carbocycles. The molecule has 164 valence electrons. The third-order valence-corrected chi connectivity index (χ3v) is 5.69. The second kappa shape index (κ2) is 12.1. The topological polar surface area (TPSA) is 76.0 Å². The monoisotopic (exact) mass is 406 g/mol. The Balaban J connectivity index is 2.92. The van der Waals surface area contributed by atoms with E-state index in [1.165, 1.54) is 0 Å². The fraction of sp³-hybridized carbons (Fsp3) is 0.625. The molecule has 0 aliphatic heterocycles. The molecule has 1 aromatic rings. The molecular weight excluding hydrogens is 368 g/mol. The highest BCUT2D eigenvalue weighted by Gasteiger charge is 2.43.